The number of ether oxygens (including phenoxy) is 1. The Balaban J connectivity index is 1.29. The van der Waals surface area contributed by atoms with Crippen LogP contribution in [0.25, 0.3) is 10.8 Å². The molecule has 0 radical (unpaired) electrons. The summed E-state index contributed by atoms with van der Waals surface area (Å²) in [5, 5.41) is 23.0. The van der Waals surface area contributed by atoms with E-state index in [1.165, 1.54) is 60.7 Å². The molecule has 0 saturated carbocycles. The maximum atomic E-state index is 12.1. The van der Waals surface area contributed by atoms with Gasteiger partial charge in [-0.15, -0.1) is 0 Å². The number of aryl methyl sites for hydroxylation is 1. The average Bonchev–Trinajstić information content (AvgIpc) is 3.22. The lowest BCUT2D eigenvalue weighted by Crippen LogP contribution is -2.27. The third-order valence-electron chi connectivity index (χ3n) is 9.00. The molecule has 26 nitrogen and oxygen atoms in total. The third-order valence-corrected chi connectivity index (χ3v) is 13.4. The SMILES string of the molecule is Cc1cc(Nc2nc(Nc3ccc(/N=N\c4cccc(S(=O)(=O)O)c4)cc3OCCCS(=O)(=O)O)nc(NC(C)S(=O)(=O)O)n2)ccc1N=Nc1ccc2cc(S(=O)(=O)O)cc(S(=O)(=O)O)c2c1. The van der Waals surface area contributed by atoms with E-state index in [0.29, 0.717) is 23.0 Å². The minimum atomic E-state index is -4.96. The first-order valence-electron chi connectivity index (χ1n) is 18.9. The maximum Gasteiger partial charge on any atom is 0.295 e. The van der Waals surface area contributed by atoms with Crippen LogP contribution in [0.4, 0.5) is 52.0 Å². The highest BCUT2D eigenvalue weighted by molar-refractivity contribution is 7.87. The molecule has 0 saturated heterocycles. The second kappa shape index (κ2) is 19.9. The van der Waals surface area contributed by atoms with Crippen LogP contribution in [0.3, 0.4) is 0 Å². The summed E-state index contributed by atoms with van der Waals surface area (Å²) in [4.78, 5) is 10.8. The van der Waals surface area contributed by atoms with Gasteiger partial charge in [0.1, 0.15) is 10.6 Å². The van der Waals surface area contributed by atoms with E-state index in [0.717, 1.165) is 25.1 Å². The van der Waals surface area contributed by atoms with Crippen LogP contribution in [0.5, 0.6) is 5.75 Å². The van der Waals surface area contributed by atoms with Crippen molar-refractivity contribution in [1.29, 1.82) is 0 Å². The van der Waals surface area contributed by atoms with Crippen molar-refractivity contribution in [2.24, 2.45) is 20.5 Å². The van der Waals surface area contributed by atoms with Crippen LogP contribution in [0.15, 0.2) is 126 Å². The molecule has 0 aliphatic carbocycles. The van der Waals surface area contributed by atoms with Gasteiger partial charge >= 0.3 is 0 Å². The van der Waals surface area contributed by atoms with Gasteiger partial charge in [-0.25, -0.2) is 0 Å². The van der Waals surface area contributed by atoms with Crippen molar-refractivity contribution in [2.45, 2.75) is 40.3 Å². The first-order valence-corrected chi connectivity index (χ1v) is 26.3. The summed E-state index contributed by atoms with van der Waals surface area (Å²) in [5.74, 6) is -1.41. The Bertz CT molecular complexity index is 3580. The fraction of sp³-hybridized carbons (Fsp3) is 0.162. The van der Waals surface area contributed by atoms with Crippen molar-refractivity contribution in [3.63, 3.8) is 0 Å². The lowest BCUT2D eigenvalue weighted by molar-refractivity contribution is 0.317. The first kappa shape index (κ1) is 50.7. The predicted molar refractivity (Wildman–Crippen MR) is 243 cm³/mol. The molecule has 0 amide bonds. The maximum absolute atomic E-state index is 12.1. The summed E-state index contributed by atoms with van der Waals surface area (Å²) in [5.41, 5.74) is 1.60. The number of aromatic nitrogens is 3. The van der Waals surface area contributed by atoms with Gasteiger partial charge in [-0.3, -0.25) is 22.8 Å². The molecule has 68 heavy (non-hydrogen) atoms. The van der Waals surface area contributed by atoms with Crippen LogP contribution in [-0.2, 0) is 50.6 Å². The van der Waals surface area contributed by atoms with Crippen LogP contribution < -0.4 is 20.7 Å². The van der Waals surface area contributed by atoms with Gasteiger partial charge in [-0.2, -0.15) is 77.5 Å². The zero-order valence-corrected chi connectivity index (χ0v) is 38.8. The summed E-state index contributed by atoms with van der Waals surface area (Å²) < 4.78 is 171. The topological polar surface area (TPSA) is 405 Å². The smallest absolute Gasteiger partial charge is 0.295 e. The normalized spacial score (nSPS) is 13.2. The average molecular weight is 1040 g/mol. The first-order chi connectivity index (χ1) is 31.6. The van der Waals surface area contributed by atoms with Gasteiger partial charge in [0.25, 0.3) is 50.6 Å². The Morgan fingerprint density at radius 2 is 1.24 bits per heavy atom. The number of nitrogens with zero attached hydrogens (tertiary/aromatic N) is 7. The molecule has 0 spiro atoms. The zero-order chi connectivity index (χ0) is 49.8. The van der Waals surface area contributed by atoms with Crippen molar-refractivity contribution < 1.29 is 69.6 Å². The van der Waals surface area contributed by atoms with Gasteiger partial charge in [-0.05, 0) is 104 Å². The van der Waals surface area contributed by atoms with Gasteiger partial charge < -0.3 is 20.7 Å². The molecule has 5 aromatic carbocycles. The van der Waals surface area contributed by atoms with E-state index in [4.69, 9.17) is 4.74 Å². The minimum Gasteiger partial charge on any atom is -0.491 e. The van der Waals surface area contributed by atoms with Gasteiger partial charge in [0, 0.05) is 17.1 Å². The molecule has 1 aromatic heterocycles. The van der Waals surface area contributed by atoms with Crippen LogP contribution >= 0.6 is 0 Å². The number of nitrogens with one attached hydrogen (secondary N) is 3. The summed E-state index contributed by atoms with van der Waals surface area (Å²) in [6.07, 6.45) is -0.155. The number of hydrogen-bond acceptors (Lipinski definition) is 21. The van der Waals surface area contributed by atoms with E-state index in [1.807, 2.05) is 0 Å². The van der Waals surface area contributed by atoms with Crippen LogP contribution in [0.2, 0.25) is 0 Å². The Labute approximate surface area is 387 Å². The molecule has 1 unspecified atom stereocenters. The molecule has 6 aromatic rings. The van der Waals surface area contributed by atoms with Crippen LogP contribution in [0.1, 0.15) is 18.9 Å². The molecule has 31 heteroatoms. The van der Waals surface area contributed by atoms with Crippen molar-refractivity contribution in [3.8, 4) is 5.75 Å². The molecule has 360 valence electrons. The lowest BCUT2D eigenvalue weighted by atomic mass is 10.1. The highest BCUT2D eigenvalue weighted by Crippen LogP contribution is 2.35. The van der Waals surface area contributed by atoms with E-state index in [9.17, 15) is 64.9 Å². The number of benzene rings is 5. The lowest BCUT2D eigenvalue weighted by Gasteiger charge is -2.16. The van der Waals surface area contributed by atoms with Gasteiger partial charge in [0.05, 0.1) is 50.6 Å². The van der Waals surface area contributed by atoms with E-state index in [2.05, 4.69) is 51.4 Å². The second-order valence-corrected chi connectivity index (χ2v) is 21.7. The molecular formula is C37H36N10O16S5. The van der Waals surface area contributed by atoms with Crippen molar-refractivity contribution in [1.82, 2.24) is 15.0 Å². The van der Waals surface area contributed by atoms with Crippen molar-refractivity contribution in [2.75, 3.05) is 28.3 Å². The molecule has 0 aliphatic heterocycles. The molecule has 0 aliphatic rings. The van der Waals surface area contributed by atoms with Gasteiger partial charge in [0.2, 0.25) is 17.8 Å². The molecule has 1 heterocycles. The van der Waals surface area contributed by atoms with E-state index < -0.39 is 76.4 Å². The molecule has 0 fully saturated rings. The third kappa shape index (κ3) is 13.9. The monoisotopic (exact) mass is 1040 g/mol. The van der Waals surface area contributed by atoms with E-state index >= 15 is 0 Å². The number of rotatable bonds is 19. The fourth-order valence-electron chi connectivity index (χ4n) is 5.77. The summed E-state index contributed by atoms with van der Waals surface area (Å²) in [6, 6.07) is 19.4. The Kier molecular flexibility index (Phi) is 14.8. The zero-order valence-electron chi connectivity index (χ0n) is 34.8. The summed E-state index contributed by atoms with van der Waals surface area (Å²) in [6.45, 7) is 2.53. The molecule has 8 N–H and O–H groups in total. The number of azo groups is 2. The number of anilines is 5. The van der Waals surface area contributed by atoms with Gasteiger partial charge in [0.15, 0.2) is 5.37 Å². The summed E-state index contributed by atoms with van der Waals surface area (Å²) in [7, 11) is -23.3. The molecule has 0 bridgehead atoms. The largest absolute Gasteiger partial charge is 0.491 e. The highest BCUT2D eigenvalue weighted by Gasteiger charge is 2.22. The highest BCUT2D eigenvalue weighted by atomic mass is 32.2. The Morgan fingerprint density at radius 3 is 1.87 bits per heavy atom. The molecule has 6 rings (SSSR count). The van der Waals surface area contributed by atoms with Crippen molar-refractivity contribution >= 4 is 113 Å². The predicted octanol–water partition coefficient (Wildman–Crippen LogP) is 6.69. The van der Waals surface area contributed by atoms with Crippen LogP contribution in [0, 0.1) is 6.92 Å². The standard InChI is InChI=1S/C37H36N10O16S5/c1-21-15-24(9-11-31(21)47-46-26-8-7-23-16-29(67(57,58)59)20-34(30(23)18-26)68(60,61)62)39-36-41-35(38-22(2)65(51,52)53)42-37(43-36)40-32-12-10-27(19-33(32)63-13-4-14-64(48,49)50)45-44-25-5-3-6-28(17-25)66(54,55)56/h3,5-12,15-20,22H,4,13-14H2,1-2H3,(H,48,49,50)(H,51,52,53)(H,54,55,56)(H,57,58,59)(H,60,61,62)(H3,38,39,40,41,42,43)/b45-44-,47-46?. The molecule has 1 atom stereocenters. The second-order valence-electron chi connectivity index (χ2n) is 14.2. The number of fused-ring (bicyclic) bond motifs is 1. The van der Waals surface area contributed by atoms with Gasteiger partial charge in [-0.1, -0.05) is 12.1 Å². The molecular weight excluding hydrogens is 1000 g/mol. The van der Waals surface area contributed by atoms with Crippen LogP contribution in [-0.4, -0.2) is 97.5 Å². The van der Waals surface area contributed by atoms with E-state index in [1.54, 1.807) is 13.0 Å². The Morgan fingerprint density at radius 1 is 0.618 bits per heavy atom. The number of hydrogen-bond donors (Lipinski definition) is 8. The quantitative estimate of drug-likeness (QED) is 0.0238. The van der Waals surface area contributed by atoms with E-state index in [-0.39, 0.29) is 70.1 Å². The summed E-state index contributed by atoms with van der Waals surface area (Å²) >= 11 is 0. The fourth-order valence-corrected chi connectivity index (χ4v) is 8.37. The minimum absolute atomic E-state index is 0.00781. The van der Waals surface area contributed by atoms with Crippen molar-refractivity contribution in [3.05, 3.63) is 96.6 Å². The Hall–Kier alpha value is -6.68.